The molecule has 0 unspecified atom stereocenters. The Bertz CT molecular complexity index is 1510. The van der Waals surface area contributed by atoms with Crippen LogP contribution < -0.4 is 4.74 Å². The number of nitrogens with zero attached hydrogens (tertiary/aromatic N) is 2. The molecule has 0 spiro atoms. The van der Waals surface area contributed by atoms with E-state index in [1.54, 1.807) is 60.9 Å². The summed E-state index contributed by atoms with van der Waals surface area (Å²) in [5, 5.41) is 21.4. The van der Waals surface area contributed by atoms with Crippen LogP contribution in [0.4, 0.5) is 0 Å². The predicted molar refractivity (Wildman–Crippen MR) is 142 cm³/mol. The number of phenolic OH excluding ortho intramolecular Hbond substituents is 1. The molecule has 0 aliphatic carbocycles. The maximum absolute atomic E-state index is 13.2. The molecule has 1 saturated heterocycles. The molecule has 0 bridgehead atoms. The quantitative estimate of drug-likeness (QED) is 0.201. The maximum Gasteiger partial charge on any atom is 0.295 e. The Kier molecular flexibility index (Phi) is 6.91. The Balaban J connectivity index is 1.47. The number of rotatable bonds is 7. The molecule has 1 aliphatic rings. The summed E-state index contributed by atoms with van der Waals surface area (Å²) in [5.74, 6) is -1.23. The summed E-state index contributed by atoms with van der Waals surface area (Å²) < 4.78 is 5.87. The van der Waals surface area contributed by atoms with Gasteiger partial charge in [0, 0.05) is 24.5 Å². The van der Waals surface area contributed by atoms with Gasteiger partial charge in [0.25, 0.3) is 11.7 Å². The lowest BCUT2D eigenvalue weighted by atomic mass is 9.95. The van der Waals surface area contributed by atoms with Gasteiger partial charge in [-0.15, -0.1) is 0 Å². The van der Waals surface area contributed by atoms with Crippen molar-refractivity contribution in [2.45, 2.75) is 26.1 Å². The third-order valence-corrected chi connectivity index (χ3v) is 6.42. The number of pyridine rings is 1. The highest BCUT2D eigenvalue weighted by molar-refractivity contribution is 6.46. The predicted octanol–water partition coefficient (Wildman–Crippen LogP) is 5.30. The van der Waals surface area contributed by atoms with Gasteiger partial charge in [0.1, 0.15) is 23.9 Å². The van der Waals surface area contributed by atoms with E-state index in [4.69, 9.17) is 4.74 Å². The fourth-order valence-electron chi connectivity index (χ4n) is 4.61. The number of ketones is 1. The SMILES string of the molecule is Cc1cccc(COc2ccc(/C(O)=C3\C(=O)C(=O)N(Cc4cccnc4)[C@@H]3c3cccc(O)c3)cc2)c1. The highest BCUT2D eigenvalue weighted by Gasteiger charge is 2.46. The molecule has 0 saturated carbocycles. The lowest BCUT2D eigenvalue weighted by Gasteiger charge is -2.25. The zero-order valence-electron chi connectivity index (χ0n) is 20.7. The van der Waals surface area contributed by atoms with Crippen LogP contribution >= 0.6 is 0 Å². The summed E-state index contributed by atoms with van der Waals surface area (Å²) in [5.41, 5.74) is 3.75. The lowest BCUT2D eigenvalue weighted by molar-refractivity contribution is -0.140. The number of ether oxygens (including phenoxy) is 1. The van der Waals surface area contributed by atoms with E-state index in [0.29, 0.717) is 23.5 Å². The van der Waals surface area contributed by atoms with Gasteiger partial charge in [-0.25, -0.2) is 0 Å². The van der Waals surface area contributed by atoms with Gasteiger partial charge in [0.15, 0.2) is 0 Å². The van der Waals surface area contributed by atoms with Crippen LogP contribution in [0.25, 0.3) is 5.76 Å². The minimum absolute atomic E-state index is 0.00965. The van der Waals surface area contributed by atoms with E-state index in [1.807, 2.05) is 31.2 Å². The fourth-order valence-corrected chi connectivity index (χ4v) is 4.61. The second-order valence-electron chi connectivity index (χ2n) is 9.19. The summed E-state index contributed by atoms with van der Waals surface area (Å²) in [6, 6.07) is 23.7. The molecule has 1 atom stereocenters. The van der Waals surface area contributed by atoms with Crippen LogP contribution in [0, 0.1) is 6.92 Å². The molecule has 7 heteroatoms. The number of Topliss-reactive ketones (excluding diaryl/α,β-unsaturated/α-hetero) is 1. The van der Waals surface area contributed by atoms with Gasteiger partial charge < -0.3 is 19.8 Å². The molecule has 1 fully saturated rings. The molecular formula is C31H26N2O5. The van der Waals surface area contributed by atoms with E-state index in [2.05, 4.69) is 4.98 Å². The van der Waals surface area contributed by atoms with Crippen LogP contribution in [-0.4, -0.2) is 31.8 Å². The molecule has 4 aromatic rings. The number of aromatic nitrogens is 1. The molecule has 3 aromatic carbocycles. The zero-order chi connectivity index (χ0) is 26.6. The maximum atomic E-state index is 13.2. The third-order valence-electron chi connectivity index (χ3n) is 6.42. The summed E-state index contributed by atoms with van der Waals surface area (Å²) in [6.45, 7) is 2.52. The number of likely N-dealkylation sites (tertiary alicyclic amines) is 1. The number of hydrogen-bond acceptors (Lipinski definition) is 6. The van der Waals surface area contributed by atoms with E-state index in [-0.39, 0.29) is 23.6 Å². The average Bonchev–Trinajstić information content (AvgIpc) is 3.17. The van der Waals surface area contributed by atoms with E-state index >= 15 is 0 Å². The van der Waals surface area contributed by atoms with Crippen molar-refractivity contribution < 1.29 is 24.5 Å². The number of hydrogen-bond donors (Lipinski definition) is 2. The summed E-state index contributed by atoms with van der Waals surface area (Å²) >= 11 is 0. The van der Waals surface area contributed by atoms with Crippen LogP contribution in [0.3, 0.4) is 0 Å². The van der Waals surface area contributed by atoms with E-state index < -0.39 is 17.7 Å². The number of benzene rings is 3. The smallest absolute Gasteiger partial charge is 0.295 e. The first-order valence-corrected chi connectivity index (χ1v) is 12.2. The zero-order valence-corrected chi connectivity index (χ0v) is 20.7. The minimum Gasteiger partial charge on any atom is -0.508 e. The van der Waals surface area contributed by atoms with Crippen molar-refractivity contribution in [2.24, 2.45) is 0 Å². The van der Waals surface area contributed by atoms with Crippen LogP contribution in [0.1, 0.15) is 33.9 Å². The van der Waals surface area contributed by atoms with Gasteiger partial charge in [0.05, 0.1) is 11.6 Å². The topological polar surface area (TPSA) is 100.0 Å². The van der Waals surface area contributed by atoms with Gasteiger partial charge in [-0.05, 0) is 66.1 Å². The van der Waals surface area contributed by atoms with E-state index in [9.17, 15) is 19.8 Å². The van der Waals surface area contributed by atoms with Gasteiger partial charge >= 0.3 is 0 Å². The summed E-state index contributed by atoms with van der Waals surface area (Å²) in [7, 11) is 0. The molecule has 2 N–H and O–H groups in total. The number of carbonyl (C=O) groups is 2. The van der Waals surface area contributed by atoms with Gasteiger partial charge in [-0.1, -0.05) is 48.0 Å². The first-order chi connectivity index (χ1) is 18.4. The standard InChI is InChI=1S/C31H26N2O5/c1-20-5-2-6-21(15-20)19-38-26-12-10-23(11-13-26)29(35)27-28(24-8-3-9-25(34)16-24)33(31(37)30(27)36)18-22-7-4-14-32-17-22/h2-17,28,34-35H,18-19H2,1H3/b29-27+/t28-/m1/s1. The van der Waals surface area contributed by atoms with Crippen LogP contribution in [0.2, 0.25) is 0 Å². The summed E-state index contributed by atoms with van der Waals surface area (Å²) in [4.78, 5) is 31.9. The largest absolute Gasteiger partial charge is 0.508 e. The first kappa shape index (κ1) is 24.8. The van der Waals surface area contributed by atoms with Gasteiger partial charge in [-0.2, -0.15) is 0 Å². The fraction of sp³-hybridized carbons (Fsp3) is 0.129. The minimum atomic E-state index is -0.889. The Morgan fingerprint density at radius 2 is 1.71 bits per heavy atom. The number of aromatic hydroxyl groups is 1. The van der Waals surface area contributed by atoms with E-state index in [1.165, 1.54) is 17.0 Å². The van der Waals surface area contributed by atoms with Crippen LogP contribution in [0.15, 0.2) is 103 Å². The Labute approximate surface area is 220 Å². The first-order valence-electron chi connectivity index (χ1n) is 12.2. The number of aliphatic hydroxyl groups excluding tert-OH is 1. The number of phenols is 1. The molecule has 5 rings (SSSR count). The molecule has 1 amide bonds. The van der Waals surface area contributed by atoms with Crippen LogP contribution in [0.5, 0.6) is 11.5 Å². The van der Waals surface area contributed by atoms with Crippen molar-refractivity contribution in [3.63, 3.8) is 0 Å². The number of carbonyl (C=O) groups excluding carboxylic acids is 2. The number of amides is 1. The molecule has 7 nitrogen and oxygen atoms in total. The Morgan fingerprint density at radius 3 is 2.42 bits per heavy atom. The third kappa shape index (κ3) is 5.13. The number of aliphatic hydroxyl groups is 1. The molecule has 2 heterocycles. The van der Waals surface area contributed by atoms with Crippen molar-refractivity contribution >= 4 is 17.4 Å². The van der Waals surface area contributed by atoms with Gasteiger partial charge in [0.2, 0.25) is 0 Å². The Hall–Kier alpha value is -4.91. The van der Waals surface area contributed by atoms with Crippen LogP contribution in [-0.2, 0) is 22.7 Å². The second kappa shape index (κ2) is 10.6. The highest BCUT2D eigenvalue weighted by Crippen LogP contribution is 2.41. The highest BCUT2D eigenvalue weighted by atomic mass is 16.5. The monoisotopic (exact) mass is 506 g/mol. The second-order valence-corrected chi connectivity index (χ2v) is 9.19. The van der Waals surface area contributed by atoms with Crippen molar-refractivity contribution in [3.8, 4) is 11.5 Å². The average molecular weight is 507 g/mol. The molecular weight excluding hydrogens is 480 g/mol. The normalized spacial score (nSPS) is 16.6. The van der Waals surface area contributed by atoms with Crippen molar-refractivity contribution in [1.29, 1.82) is 0 Å². The van der Waals surface area contributed by atoms with Crippen molar-refractivity contribution in [3.05, 3.63) is 131 Å². The molecule has 38 heavy (non-hydrogen) atoms. The molecule has 190 valence electrons. The van der Waals surface area contributed by atoms with Crippen molar-refractivity contribution in [2.75, 3.05) is 0 Å². The molecule has 0 radical (unpaired) electrons. The molecule has 1 aliphatic heterocycles. The molecule has 1 aromatic heterocycles. The number of aryl methyl sites for hydroxylation is 1. The van der Waals surface area contributed by atoms with E-state index in [0.717, 1.165) is 16.7 Å². The van der Waals surface area contributed by atoms with Crippen molar-refractivity contribution in [1.82, 2.24) is 9.88 Å². The van der Waals surface area contributed by atoms with Gasteiger partial charge in [-0.3, -0.25) is 14.6 Å². The lowest BCUT2D eigenvalue weighted by Crippen LogP contribution is -2.29. The Morgan fingerprint density at radius 1 is 0.947 bits per heavy atom. The summed E-state index contributed by atoms with van der Waals surface area (Å²) in [6.07, 6.45) is 3.24.